The molecule has 0 saturated carbocycles. The summed E-state index contributed by atoms with van der Waals surface area (Å²) in [4.78, 5) is 11.3. The predicted molar refractivity (Wildman–Crippen MR) is 61.1 cm³/mol. The number of allylic oxidation sites excluding steroid dienone is 2. The van der Waals surface area contributed by atoms with Crippen molar-refractivity contribution in [1.29, 1.82) is 0 Å². The molecule has 5 heteroatoms. The Labute approximate surface area is 100 Å². The first-order valence-corrected chi connectivity index (χ1v) is 5.64. The molecule has 0 amide bonds. The zero-order chi connectivity index (χ0) is 12.8. The lowest BCUT2D eigenvalue weighted by molar-refractivity contribution is -0.152. The van der Waals surface area contributed by atoms with Gasteiger partial charge in [-0.3, -0.25) is 0 Å². The molecule has 0 aromatic rings. The van der Waals surface area contributed by atoms with Gasteiger partial charge in [-0.2, -0.15) is 0 Å². The van der Waals surface area contributed by atoms with Gasteiger partial charge in [0.15, 0.2) is 0 Å². The lowest BCUT2D eigenvalue weighted by atomic mass is 10.0. The van der Waals surface area contributed by atoms with Crippen LogP contribution in [-0.4, -0.2) is 45.7 Å². The van der Waals surface area contributed by atoms with E-state index in [0.717, 1.165) is 0 Å². The molecule has 5 nitrogen and oxygen atoms in total. The van der Waals surface area contributed by atoms with Gasteiger partial charge in [0.05, 0.1) is 18.3 Å². The van der Waals surface area contributed by atoms with E-state index >= 15 is 0 Å². The third-order valence-corrected chi connectivity index (χ3v) is 2.63. The van der Waals surface area contributed by atoms with Crippen molar-refractivity contribution in [2.45, 2.75) is 44.2 Å². The molecule has 1 aliphatic rings. The Balaban J connectivity index is 2.82. The van der Waals surface area contributed by atoms with Crippen LogP contribution in [0.25, 0.3) is 0 Å². The van der Waals surface area contributed by atoms with E-state index in [4.69, 9.17) is 4.74 Å². The fraction of sp³-hybridized carbons (Fsp3) is 0.583. The summed E-state index contributed by atoms with van der Waals surface area (Å²) in [7, 11) is 0. The van der Waals surface area contributed by atoms with Gasteiger partial charge in [0.25, 0.3) is 0 Å². The van der Waals surface area contributed by atoms with Crippen LogP contribution in [0.1, 0.15) is 19.8 Å². The van der Waals surface area contributed by atoms with Crippen LogP contribution in [0.4, 0.5) is 0 Å². The third-order valence-electron chi connectivity index (χ3n) is 2.63. The van der Waals surface area contributed by atoms with E-state index in [0.29, 0.717) is 6.42 Å². The van der Waals surface area contributed by atoms with E-state index in [1.54, 1.807) is 6.92 Å². The van der Waals surface area contributed by atoms with Crippen LogP contribution in [0.3, 0.4) is 0 Å². The van der Waals surface area contributed by atoms with Gasteiger partial charge >= 0.3 is 5.97 Å². The quantitative estimate of drug-likeness (QED) is 0.589. The number of carbonyl (C=O) groups is 1. The minimum Gasteiger partial charge on any atom is -0.456 e. The van der Waals surface area contributed by atoms with Crippen LogP contribution in [0.5, 0.6) is 0 Å². The Hall–Kier alpha value is -1.17. The van der Waals surface area contributed by atoms with E-state index in [1.165, 1.54) is 24.3 Å². The second kappa shape index (κ2) is 6.54. The maximum Gasteiger partial charge on any atom is 0.331 e. The smallest absolute Gasteiger partial charge is 0.331 e. The molecule has 3 N–H and O–H groups in total. The number of esters is 1. The Kier molecular flexibility index (Phi) is 5.34. The first-order chi connectivity index (χ1) is 8.04. The molecule has 0 saturated heterocycles. The van der Waals surface area contributed by atoms with Gasteiger partial charge in [-0.05, 0) is 6.42 Å². The second-order valence-corrected chi connectivity index (χ2v) is 3.99. The fourth-order valence-corrected chi connectivity index (χ4v) is 1.55. The molecule has 0 aromatic heterocycles. The molecule has 4 atom stereocenters. The highest BCUT2D eigenvalue weighted by Gasteiger charge is 2.27. The maximum atomic E-state index is 11.3. The van der Waals surface area contributed by atoms with Crippen molar-refractivity contribution in [3.8, 4) is 0 Å². The number of carbonyl (C=O) groups excluding carboxylic acids is 1. The number of cyclic esters (lactones) is 1. The molecule has 1 rings (SSSR count). The maximum absolute atomic E-state index is 11.3. The van der Waals surface area contributed by atoms with E-state index in [-0.39, 0.29) is 6.42 Å². The minimum absolute atomic E-state index is 0.0000926. The molecule has 4 unspecified atom stereocenters. The molecular formula is C12H18O5. The van der Waals surface area contributed by atoms with E-state index in [1.807, 2.05) is 0 Å². The van der Waals surface area contributed by atoms with Crippen LogP contribution < -0.4 is 0 Å². The summed E-state index contributed by atoms with van der Waals surface area (Å²) in [5.74, 6) is -0.573. The normalized spacial score (nSPS) is 32.0. The summed E-state index contributed by atoms with van der Waals surface area (Å²) in [5.41, 5.74) is 0. The largest absolute Gasteiger partial charge is 0.456 e. The SMILES string of the molecule is CCC(O)C1CC(O)C(O)C=CC=CC(=O)O1. The van der Waals surface area contributed by atoms with Crippen molar-refractivity contribution in [2.24, 2.45) is 0 Å². The van der Waals surface area contributed by atoms with Gasteiger partial charge in [-0.1, -0.05) is 25.2 Å². The third kappa shape index (κ3) is 4.30. The Bertz CT molecular complexity index is 310. The second-order valence-electron chi connectivity index (χ2n) is 3.99. The summed E-state index contributed by atoms with van der Waals surface area (Å²) in [6, 6.07) is 0. The molecule has 0 fully saturated rings. The fourth-order valence-electron chi connectivity index (χ4n) is 1.55. The highest BCUT2D eigenvalue weighted by Crippen LogP contribution is 2.15. The Morgan fingerprint density at radius 3 is 2.82 bits per heavy atom. The number of hydrogen-bond donors (Lipinski definition) is 3. The van der Waals surface area contributed by atoms with Gasteiger partial charge < -0.3 is 20.1 Å². The number of aliphatic hydroxyl groups is 3. The summed E-state index contributed by atoms with van der Waals surface area (Å²) in [6.07, 6.45) is 2.10. The van der Waals surface area contributed by atoms with Crippen LogP contribution in [0, 0.1) is 0 Å². The number of ether oxygens (including phenoxy) is 1. The summed E-state index contributed by atoms with van der Waals surface area (Å²) in [6.45, 7) is 1.75. The van der Waals surface area contributed by atoms with Gasteiger partial charge in [0.1, 0.15) is 6.10 Å². The molecule has 96 valence electrons. The first kappa shape index (κ1) is 13.9. The van der Waals surface area contributed by atoms with Crippen molar-refractivity contribution in [3.05, 3.63) is 24.3 Å². The zero-order valence-electron chi connectivity index (χ0n) is 9.69. The highest BCUT2D eigenvalue weighted by molar-refractivity contribution is 5.82. The monoisotopic (exact) mass is 242 g/mol. The molecule has 0 radical (unpaired) electrons. The van der Waals surface area contributed by atoms with Gasteiger partial charge in [0.2, 0.25) is 0 Å². The molecule has 0 spiro atoms. The average Bonchev–Trinajstić information content (AvgIpc) is 2.31. The standard InChI is InChI=1S/C12H18O5/c1-2-8(13)11-7-10(15)9(14)5-3-4-6-12(16)17-11/h3-6,8-11,13-15H,2,7H2,1H3. The molecule has 1 heterocycles. The molecular weight excluding hydrogens is 224 g/mol. The lowest BCUT2D eigenvalue weighted by Crippen LogP contribution is -2.37. The number of aliphatic hydroxyl groups excluding tert-OH is 3. The zero-order valence-corrected chi connectivity index (χ0v) is 9.69. The number of rotatable bonds is 2. The molecule has 0 aliphatic carbocycles. The van der Waals surface area contributed by atoms with Crippen LogP contribution in [-0.2, 0) is 9.53 Å². The predicted octanol–water partition coefficient (Wildman–Crippen LogP) is -0.0930. The highest BCUT2D eigenvalue weighted by atomic mass is 16.6. The summed E-state index contributed by atoms with van der Waals surface area (Å²) in [5, 5.41) is 28.9. The van der Waals surface area contributed by atoms with E-state index in [9.17, 15) is 20.1 Å². The first-order valence-electron chi connectivity index (χ1n) is 5.64. The van der Waals surface area contributed by atoms with Crippen LogP contribution in [0.2, 0.25) is 0 Å². The van der Waals surface area contributed by atoms with Crippen molar-refractivity contribution < 1.29 is 24.9 Å². The Morgan fingerprint density at radius 2 is 2.18 bits per heavy atom. The van der Waals surface area contributed by atoms with Gasteiger partial charge in [-0.25, -0.2) is 4.79 Å². The van der Waals surface area contributed by atoms with Crippen molar-refractivity contribution in [1.82, 2.24) is 0 Å². The van der Waals surface area contributed by atoms with E-state index in [2.05, 4.69) is 0 Å². The molecule has 1 aliphatic heterocycles. The van der Waals surface area contributed by atoms with E-state index < -0.39 is 30.4 Å². The van der Waals surface area contributed by atoms with Crippen LogP contribution in [0.15, 0.2) is 24.3 Å². The summed E-state index contributed by atoms with van der Waals surface area (Å²) >= 11 is 0. The van der Waals surface area contributed by atoms with Crippen molar-refractivity contribution in [3.63, 3.8) is 0 Å². The van der Waals surface area contributed by atoms with Gasteiger partial charge in [-0.15, -0.1) is 0 Å². The lowest BCUT2D eigenvalue weighted by Gasteiger charge is -2.25. The summed E-state index contributed by atoms with van der Waals surface area (Å²) < 4.78 is 5.02. The minimum atomic E-state index is -1.07. The average molecular weight is 242 g/mol. The van der Waals surface area contributed by atoms with Gasteiger partial charge in [0, 0.05) is 12.5 Å². The van der Waals surface area contributed by atoms with Crippen molar-refractivity contribution >= 4 is 5.97 Å². The Morgan fingerprint density at radius 1 is 1.47 bits per heavy atom. The van der Waals surface area contributed by atoms with Crippen molar-refractivity contribution in [2.75, 3.05) is 0 Å². The molecule has 0 aromatic carbocycles. The number of hydrogen-bond acceptors (Lipinski definition) is 5. The molecule has 0 bridgehead atoms. The topological polar surface area (TPSA) is 87.0 Å². The molecule has 17 heavy (non-hydrogen) atoms. The van der Waals surface area contributed by atoms with Crippen LogP contribution >= 0.6 is 0 Å².